The lowest BCUT2D eigenvalue weighted by molar-refractivity contribution is -0.136. The van der Waals surface area contributed by atoms with Crippen LogP contribution < -0.4 is 0 Å². The van der Waals surface area contributed by atoms with Gasteiger partial charge in [-0.1, -0.05) is 26.8 Å². The molecule has 3 nitrogen and oxygen atoms in total. The van der Waals surface area contributed by atoms with E-state index in [1.165, 1.54) is 6.07 Å². The molecule has 0 saturated heterocycles. The van der Waals surface area contributed by atoms with E-state index in [1.807, 2.05) is 18.2 Å². The summed E-state index contributed by atoms with van der Waals surface area (Å²) >= 11 is 0. The summed E-state index contributed by atoms with van der Waals surface area (Å²) in [6, 6.07) is 9.06. The number of carboxylic acids is 1. The molecule has 0 aliphatic heterocycles. The highest BCUT2D eigenvalue weighted by Crippen LogP contribution is 2.35. The maximum atomic E-state index is 14.2. The van der Waals surface area contributed by atoms with Gasteiger partial charge in [0.1, 0.15) is 11.6 Å². The Labute approximate surface area is 144 Å². The van der Waals surface area contributed by atoms with Crippen LogP contribution in [0, 0.1) is 11.6 Å². The summed E-state index contributed by atoms with van der Waals surface area (Å²) in [7, 11) is 0. The summed E-state index contributed by atoms with van der Waals surface area (Å²) in [5.74, 6) is -2.41. The topological polar surface area (TPSA) is 53.1 Å². The molecule has 0 fully saturated rings. The third-order valence-corrected chi connectivity index (χ3v) is 4.30. The van der Waals surface area contributed by atoms with Crippen molar-refractivity contribution in [1.82, 2.24) is 4.98 Å². The van der Waals surface area contributed by atoms with Gasteiger partial charge in [-0.2, -0.15) is 0 Å². The number of carbonyl (C=O) groups is 1. The van der Waals surface area contributed by atoms with E-state index < -0.39 is 17.6 Å². The molecule has 0 aliphatic carbocycles. The van der Waals surface area contributed by atoms with Crippen LogP contribution in [0.2, 0.25) is 0 Å². The number of hydrogen-bond acceptors (Lipinski definition) is 1. The van der Waals surface area contributed by atoms with Crippen LogP contribution in [0.15, 0.2) is 36.4 Å². The molecule has 0 spiro atoms. The highest BCUT2D eigenvalue weighted by atomic mass is 19.1. The summed E-state index contributed by atoms with van der Waals surface area (Å²) in [5, 5.41) is 10.0. The monoisotopic (exact) mass is 343 g/mol. The van der Waals surface area contributed by atoms with E-state index in [-0.39, 0.29) is 17.4 Å². The number of aromatic amines is 1. The van der Waals surface area contributed by atoms with Crippen molar-refractivity contribution in [2.75, 3.05) is 0 Å². The zero-order chi connectivity index (χ0) is 18.4. The lowest BCUT2D eigenvalue weighted by Crippen LogP contribution is -2.10. The number of H-pyrrole nitrogens is 1. The third-order valence-electron chi connectivity index (χ3n) is 4.30. The van der Waals surface area contributed by atoms with Crippen LogP contribution in [0.4, 0.5) is 8.78 Å². The predicted molar refractivity (Wildman–Crippen MR) is 93.7 cm³/mol. The Balaban J connectivity index is 2.29. The molecule has 1 heterocycles. The largest absolute Gasteiger partial charge is 0.481 e. The Morgan fingerprint density at radius 3 is 2.44 bits per heavy atom. The number of rotatable bonds is 3. The Morgan fingerprint density at radius 2 is 1.84 bits per heavy atom. The van der Waals surface area contributed by atoms with Gasteiger partial charge in [-0.15, -0.1) is 0 Å². The van der Waals surface area contributed by atoms with Crippen LogP contribution in [0.5, 0.6) is 0 Å². The Bertz CT molecular complexity index is 968. The average Bonchev–Trinajstić information content (AvgIpc) is 2.83. The zero-order valence-corrected chi connectivity index (χ0v) is 14.3. The van der Waals surface area contributed by atoms with Crippen molar-refractivity contribution in [3.05, 3.63) is 59.2 Å². The van der Waals surface area contributed by atoms with E-state index in [9.17, 15) is 18.7 Å². The Kier molecular flexibility index (Phi) is 4.11. The SMILES string of the molecule is CC(C)(C)c1ccc2[nH]c(-c3ccc(F)cc3F)c(CC(=O)O)c2c1. The first kappa shape index (κ1) is 17.1. The van der Waals surface area contributed by atoms with E-state index >= 15 is 0 Å². The number of aromatic nitrogens is 1. The maximum absolute atomic E-state index is 14.2. The van der Waals surface area contributed by atoms with Gasteiger partial charge in [-0.25, -0.2) is 8.78 Å². The van der Waals surface area contributed by atoms with Crippen molar-refractivity contribution < 1.29 is 18.7 Å². The minimum absolute atomic E-state index is 0.104. The number of benzene rings is 2. The fourth-order valence-electron chi connectivity index (χ4n) is 2.97. The van der Waals surface area contributed by atoms with Crippen molar-refractivity contribution in [3.63, 3.8) is 0 Å². The Hall–Kier alpha value is -2.69. The van der Waals surface area contributed by atoms with Crippen LogP contribution in [0.25, 0.3) is 22.2 Å². The van der Waals surface area contributed by atoms with Gasteiger partial charge in [0, 0.05) is 22.5 Å². The summed E-state index contributed by atoms with van der Waals surface area (Å²) in [6.07, 6.45) is -0.250. The molecule has 0 unspecified atom stereocenters. The molecule has 3 aromatic rings. The molecule has 0 amide bonds. The molecule has 0 atom stereocenters. The molecule has 130 valence electrons. The highest BCUT2D eigenvalue weighted by molar-refractivity contribution is 5.94. The smallest absolute Gasteiger partial charge is 0.307 e. The molecule has 25 heavy (non-hydrogen) atoms. The number of aliphatic carboxylic acids is 1. The third kappa shape index (κ3) is 3.27. The number of hydrogen-bond donors (Lipinski definition) is 2. The van der Waals surface area contributed by atoms with Gasteiger partial charge in [-0.05, 0) is 40.8 Å². The minimum atomic E-state index is -1.01. The second-order valence-corrected chi connectivity index (χ2v) is 7.18. The van der Waals surface area contributed by atoms with Crippen LogP contribution >= 0.6 is 0 Å². The second kappa shape index (κ2) is 5.99. The van der Waals surface area contributed by atoms with Crippen LogP contribution in [-0.4, -0.2) is 16.1 Å². The molecule has 0 bridgehead atoms. The van der Waals surface area contributed by atoms with Crippen molar-refractivity contribution in [2.24, 2.45) is 0 Å². The van der Waals surface area contributed by atoms with Gasteiger partial charge in [0.2, 0.25) is 0 Å². The van der Waals surface area contributed by atoms with E-state index in [0.29, 0.717) is 11.3 Å². The molecule has 1 aromatic heterocycles. The molecule has 0 saturated carbocycles. The molecule has 0 aliphatic rings. The Morgan fingerprint density at radius 1 is 1.12 bits per heavy atom. The maximum Gasteiger partial charge on any atom is 0.307 e. The quantitative estimate of drug-likeness (QED) is 0.700. The number of fused-ring (bicyclic) bond motifs is 1. The fourth-order valence-corrected chi connectivity index (χ4v) is 2.97. The van der Waals surface area contributed by atoms with Crippen LogP contribution in [0.3, 0.4) is 0 Å². The summed E-state index contributed by atoms with van der Waals surface area (Å²) < 4.78 is 27.5. The lowest BCUT2D eigenvalue weighted by Gasteiger charge is -2.19. The summed E-state index contributed by atoms with van der Waals surface area (Å²) in [5.41, 5.74) is 2.71. The van der Waals surface area contributed by atoms with Gasteiger partial charge >= 0.3 is 5.97 Å². The molecule has 0 radical (unpaired) electrons. The molecule has 2 N–H and O–H groups in total. The first-order valence-corrected chi connectivity index (χ1v) is 7.99. The highest BCUT2D eigenvalue weighted by Gasteiger charge is 2.21. The first-order valence-electron chi connectivity index (χ1n) is 7.99. The first-order chi connectivity index (χ1) is 11.7. The normalized spacial score (nSPS) is 11.9. The standard InChI is InChI=1S/C20H19F2NO2/c1-20(2,3)11-4-7-17-14(8-11)15(10-18(24)25)19(23-17)13-6-5-12(21)9-16(13)22/h4-9,23H,10H2,1-3H3,(H,24,25). The van der Waals surface area contributed by atoms with Crippen LogP contribution in [0.1, 0.15) is 31.9 Å². The summed E-state index contributed by atoms with van der Waals surface area (Å²) in [6.45, 7) is 6.20. The summed E-state index contributed by atoms with van der Waals surface area (Å²) in [4.78, 5) is 14.4. The molecular weight excluding hydrogens is 324 g/mol. The van der Waals surface area contributed by atoms with E-state index in [1.54, 1.807) is 0 Å². The van der Waals surface area contributed by atoms with Gasteiger partial charge < -0.3 is 10.1 Å². The van der Waals surface area contributed by atoms with Gasteiger partial charge in [0.25, 0.3) is 0 Å². The number of halogens is 2. The van der Waals surface area contributed by atoms with Gasteiger partial charge in [0.15, 0.2) is 0 Å². The van der Waals surface area contributed by atoms with Crippen LogP contribution in [-0.2, 0) is 16.6 Å². The number of carboxylic acid groups (broad SMARTS) is 1. The van der Waals surface area contributed by atoms with Crippen molar-refractivity contribution in [2.45, 2.75) is 32.6 Å². The van der Waals surface area contributed by atoms with Crippen molar-refractivity contribution in [3.8, 4) is 11.3 Å². The predicted octanol–water partition coefficient (Wildman–Crippen LogP) is 5.04. The minimum Gasteiger partial charge on any atom is -0.481 e. The molecule has 5 heteroatoms. The number of nitrogens with one attached hydrogen (secondary N) is 1. The lowest BCUT2D eigenvalue weighted by atomic mass is 9.86. The molecule has 2 aromatic carbocycles. The second-order valence-electron chi connectivity index (χ2n) is 7.18. The van der Waals surface area contributed by atoms with Gasteiger partial charge in [-0.3, -0.25) is 4.79 Å². The van der Waals surface area contributed by atoms with Crippen molar-refractivity contribution in [1.29, 1.82) is 0 Å². The van der Waals surface area contributed by atoms with Crippen molar-refractivity contribution >= 4 is 16.9 Å². The van der Waals surface area contributed by atoms with Gasteiger partial charge in [0.05, 0.1) is 12.1 Å². The molecule has 3 rings (SSSR count). The van der Waals surface area contributed by atoms with E-state index in [0.717, 1.165) is 28.6 Å². The van der Waals surface area contributed by atoms with E-state index in [4.69, 9.17) is 0 Å². The average molecular weight is 343 g/mol. The van der Waals surface area contributed by atoms with E-state index in [2.05, 4.69) is 25.8 Å². The zero-order valence-electron chi connectivity index (χ0n) is 14.3. The fraction of sp³-hybridized carbons (Fsp3) is 0.250. The molecular formula is C20H19F2NO2.